The van der Waals surface area contributed by atoms with Gasteiger partial charge in [-0.05, 0) is 98.3 Å². The van der Waals surface area contributed by atoms with Gasteiger partial charge in [0.05, 0.1) is 50.9 Å². The second-order valence-electron chi connectivity index (χ2n) is 28.4. The minimum atomic E-state index is -2.96. The van der Waals surface area contributed by atoms with E-state index in [1.807, 2.05) is 37.3 Å². The van der Waals surface area contributed by atoms with Crippen LogP contribution in [0, 0.1) is 22.7 Å². The number of ether oxygens (including phenoxy) is 4. The Morgan fingerprint density at radius 2 is 1.03 bits per heavy atom. The van der Waals surface area contributed by atoms with E-state index in [0.717, 1.165) is 11.1 Å². The molecule has 7 atom stereocenters. The van der Waals surface area contributed by atoms with Gasteiger partial charge in [0.1, 0.15) is 17.4 Å². The summed E-state index contributed by atoms with van der Waals surface area (Å²) in [5.41, 5.74) is -1.79. The summed E-state index contributed by atoms with van der Waals surface area (Å²) in [6.07, 6.45) is 15.1. The van der Waals surface area contributed by atoms with Crippen LogP contribution in [0.4, 0.5) is 0 Å². The highest BCUT2D eigenvalue weighted by Gasteiger charge is 2.63. The number of carbonyl (C=O) groups excluding carboxylic acids is 2. The van der Waals surface area contributed by atoms with Crippen molar-refractivity contribution in [3.63, 3.8) is 0 Å². The molecule has 0 amide bonds. The van der Waals surface area contributed by atoms with Crippen LogP contribution in [0.3, 0.4) is 0 Å². The highest BCUT2D eigenvalue weighted by molar-refractivity contribution is 7.00. The normalized spacial score (nSPS) is 25.6. The van der Waals surface area contributed by atoms with Crippen LogP contribution >= 0.6 is 0 Å². The van der Waals surface area contributed by atoms with Gasteiger partial charge in [-0.3, -0.25) is 0 Å². The molecule has 2 heterocycles. The maximum atomic E-state index is 14.8. The van der Waals surface area contributed by atoms with Crippen molar-refractivity contribution in [1.82, 2.24) is 0 Å². The van der Waals surface area contributed by atoms with E-state index < -0.39 is 65.0 Å². The van der Waals surface area contributed by atoms with Gasteiger partial charge >= 0.3 is 11.9 Å². The molecule has 0 saturated heterocycles. The van der Waals surface area contributed by atoms with Crippen molar-refractivity contribution in [3.05, 3.63) is 204 Å². The molecular weight excluding hydrogens is 1120 g/mol. The van der Waals surface area contributed by atoms with Crippen LogP contribution in [0.15, 0.2) is 204 Å². The summed E-state index contributed by atoms with van der Waals surface area (Å²) in [4.78, 5) is 28.2. The van der Waals surface area contributed by atoms with Crippen LogP contribution in [0.2, 0.25) is 28.2 Å². The molecule has 2 spiro atoms. The predicted octanol–water partition coefficient (Wildman–Crippen LogP) is 13.5. The van der Waals surface area contributed by atoms with E-state index >= 15 is 0 Å². The van der Waals surface area contributed by atoms with E-state index in [9.17, 15) is 14.7 Å². The van der Waals surface area contributed by atoms with Crippen molar-refractivity contribution in [3.8, 4) is 0 Å². The van der Waals surface area contributed by atoms with Gasteiger partial charge in [-0.25, -0.2) is 9.59 Å². The molecule has 0 aromatic heterocycles. The largest absolute Gasteiger partial charge is 0.497 e. The lowest BCUT2D eigenvalue weighted by atomic mass is 9.62. The third kappa shape index (κ3) is 11.9. The van der Waals surface area contributed by atoms with Crippen molar-refractivity contribution in [2.24, 2.45) is 22.7 Å². The van der Waals surface area contributed by atoms with Gasteiger partial charge in [0.15, 0.2) is 25.3 Å². The van der Waals surface area contributed by atoms with E-state index in [1.54, 1.807) is 27.2 Å². The number of hydrogen-bond acceptors (Lipinski definition) is 10. The topological polar surface area (TPSA) is 119 Å². The van der Waals surface area contributed by atoms with E-state index in [0.29, 0.717) is 44.0 Å². The Kier molecular flexibility index (Phi) is 19.1. The van der Waals surface area contributed by atoms with Gasteiger partial charge in [-0.15, -0.1) is 0 Å². The molecule has 2 aliphatic heterocycles. The fraction of sp³-hybridized carbons (Fsp3) is 0.452. The zero-order chi connectivity index (χ0) is 62.9. The van der Waals surface area contributed by atoms with Crippen LogP contribution in [-0.2, 0) is 41.8 Å². The molecule has 0 radical (unpaired) electrons. The van der Waals surface area contributed by atoms with E-state index in [1.165, 1.54) is 26.8 Å². The van der Waals surface area contributed by atoms with Crippen LogP contribution in [0.1, 0.15) is 110 Å². The van der Waals surface area contributed by atoms with Crippen LogP contribution in [-0.4, -0.2) is 93.3 Å². The lowest BCUT2D eigenvalue weighted by Gasteiger charge is -2.49. The fourth-order valence-corrected chi connectivity index (χ4v) is 23.8. The number of esters is 2. The van der Waals surface area contributed by atoms with Crippen molar-refractivity contribution in [1.29, 1.82) is 0 Å². The molecule has 2 aliphatic carbocycles. The Balaban J connectivity index is 1.18. The summed E-state index contributed by atoms with van der Waals surface area (Å²) in [5, 5.41) is 16.9. The van der Waals surface area contributed by atoms with Crippen LogP contribution in [0.25, 0.3) is 0 Å². The molecule has 0 saturated carbocycles. The number of hydrogen-bond donors (Lipinski definition) is 1. The molecule has 1 N–H and O–H groups in total. The number of methoxy groups -OCH3 is 2. The number of carbonyl (C=O) groups is 2. The summed E-state index contributed by atoms with van der Waals surface area (Å²) in [7, 11) is -4.91. The molecule has 8 rings (SSSR count). The van der Waals surface area contributed by atoms with E-state index in [4.69, 9.17) is 32.2 Å². The molecule has 10 nitrogen and oxygen atoms in total. The highest BCUT2D eigenvalue weighted by atomic mass is 28.4. The number of aliphatic hydroxyl groups excluding tert-OH is 1. The SMILES string of the molecule is COC1=CC(=O)O[C@]12C[C@H](C)C(CO[Si](c1ccccc1)(c1ccccc1)C(C)(C)C)=C[C@]2(C)/C=C/C=C(\C)C(O)C1=C(OC)[C@]2(C[C@H](C)C(CO[Si](c3ccccc3)(c3ccccc3)C(C)(C)C)=C[C@]2(C)/C=C/CO[Si](C)(C)C(C)(C)C)OC1=O. The lowest BCUT2D eigenvalue weighted by Crippen LogP contribution is -2.66. The summed E-state index contributed by atoms with van der Waals surface area (Å²) in [5.74, 6) is -0.596. The summed E-state index contributed by atoms with van der Waals surface area (Å²) < 4.78 is 47.4. The van der Waals surface area contributed by atoms with Crippen molar-refractivity contribution in [2.75, 3.05) is 34.0 Å². The van der Waals surface area contributed by atoms with Gasteiger partial charge in [0.25, 0.3) is 16.6 Å². The van der Waals surface area contributed by atoms with Crippen molar-refractivity contribution < 1.29 is 46.9 Å². The number of rotatable bonds is 20. The van der Waals surface area contributed by atoms with Crippen molar-refractivity contribution in [2.45, 2.75) is 155 Å². The first-order valence-electron chi connectivity index (χ1n) is 30.6. The summed E-state index contributed by atoms with van der Waals surface area (Å²) in [6, 6.07) is 42.5. The standard InChI is InChI=1S/C73H96O10Si3/c1-52(33-31-42-70(13)48-55(53(2)46-72(70)61(77-15)45-62(74)82-72)50-80-85(68(7,8)9,57-34-23-19-24-35-57)58-36-25-20-26-37-58)64(75)63-65(78-16)73(83-66(63)76)47-54(3)56(49-71(73,14)43-32-44-79-84(17,18)67(4,5)6)51-81-86(69(10,11)12,59-38-27-21-28-39-59)60-40-29-22-30-41-60/h19-43,45,48-49,53-54,64,75H,44,46-47,50-51H2,1-18H3/b42-31+,43-32+,52-33+/t53-,54-,64?,70-,71-,72+,73-/m0/s1. The maximum Gasteiger partial charge on any atom is 0.341 e. The Morgan fingerprint density at radius 3 is 1.43 bits per heavy atom. The van der Waals surface area contributed by atoms with Gasteiger partial charge in [0, 0.05) is 12.8 Å². The van der Waals surface area contributed by atoms with Gasteiger partial charge < -0.3 is 37.3 Å². The second-order valence-corrected chi connectivity index (χ2v) is 41.8. The molecule has 460 valence electrons. The average molecular weight is 1220 g/mol. The van der Waals surface area contributed by atoms with Gasteiger partial charge in [-0.2, -0.15) is 0 Å². The smallest absolute Gasteiger partial charge is 0.341 e. The van der Waals surface area contributed by atoms with Gasteiger partial charge in [-0.1, -0.05) is 240 Å². The van der Waals surface area contributed by atoms with E-state index in [-0.39, 0.29) is 38.3 Å². The third-order valence-electron chi connectivity index (χ3n) is 19.7. The minimum absolute atomic E-state index is 0.00127. The Bertz CT molecular complexity index is 3230. The Labute approximate surface area is 517 Å². The third-order valence-corrected chi connectivity index (χ3v) is 34.1. The molecule has 0 fully saturated rings. The minimum Gasteiger partial charge on any atom is -0.497 e. The first-order chi connectivity index (χ1) is 40.3. The monoisotopic (exact) mass is 1220 g/mol. The molecule has 1 unspecified atom stereocenters. The molecule has 86 heavy (non-hydrogen) atoms. The molecule has 4 aliphatic rings. The highest BCUT2D eigenvalue weighted by Crippen LogP contribution is 2.58. The number of allylic oxidation sites excluding steroid dienone is 2. The van der Waals surface area contributed by atoms with Crippen LogP contribution < -0.4 is 20.7 Å². The number of aliphatic hydroxyl groups is 1. The van der Waals surface area contributed by atoms with Crippen molar-refractivity contribution >= 4 is 57.6 Å². The fourth-order valence-electron chi connectivity index (χ4n) is 13.8. The Hall–Kier alpha value is -5.91. The zero-order valence-electron chi connectivity index (χ0n) is 54.6. The molecule has 0 bridgehead atoms. The molecule has 13 heteroatoms. The molecular formula is C73H96O10Si3. The average Bonchev–Trinajstić information content (AvgIpc) is 1.49. The Morgan fingerprint density at radius 1 is 0.616 bits per heavy atom. The number of benzene rings is 4. The zero-order valence-corrected chi connectivity index (χ0v) is 57.6. The van der Waals surface area contributed by atoms with Gasteiger partial charge in [0.2, 0.25) is 0 Å². The molecule has 4 aromatic rings. The van der Waals surface area contributed by atoms with E-state index in [2.05, 4.69) is 224 Å². The predicted molar refractivity (Wildman–Crippen MR) is 355 cm³/mol. The first kappa shape index (κ1) is 66.1. The second kappa shape index (κ2) is 24.9. The summed E-state index contributed by atoms with van der Waals surface area (Å²) in [6.45, 7) is 36.1. The first-order valence-corrected chi connectivity index (χ1v) is 37.4. The summed E-state index contributed by atoms with van der Waals surface area (Å²) >= 11 is 0. The maximum absolute atomic E-state index is 14.8. The lowest BCUT2D eigenvalue weighted by molar-refractivity contribution is -0.159. The quantitative estimate of drug-likeness (QED) is 0.0396. The molecule has 4 aromatic carbocycles. The van der Waals surface area contributed by atoms with Crippen LogP contribution in [0.5, 0.6) is 0 Å².